The fraction of sp³-hybridized carbons (Fsp3) is 0.545. The maximum absolute atomic E-state index is 13.6. The van der Waals surface area contributed by atoms with Crippen LogP contribution in [0.5, 0.6) is 5.75 Å². The summed E-state index contributed by atoms with van der Waals surface area (Å²) in [6.07, 6.45) is 1.53. The number of carbonyl (C=O) groups is 2. The molecule has 1 saturated carbocycles. The standard InChI is InChI=1S/C22H27NO5/c1-12-9-13(2)17-16(10-12)28-21-18(20(17)25)19(23(7-8-24)22(21)26)14-5-4-6-15(11-14)27-3/h4-6,11-13,16-17,19,24H,7-10H2,1-3H3. The van der Waals surface area contributed by atoms with Crippen LogP contribution >= 0.6 is 0 Å². The maximum atomic E-state index is 13.6. The summed E-state index contributed by atoms with van der Waals surface area (Å²) in [6, 6.07) is 6.84. The summed E-state index contributed by atoms with van der Waals surface area (Å²) in [5.41, 5.74) is 1.23. The molecule has 1 aromatic rings. The van der Waals surface area contributed by atoms with Gasteiger partial charge in [-0.3, -0.25) is 9.59 Å². The minimum absolute atomic E-state index is 0.0206. The van der Waals surface area contributed by atoms with Gasteiger partial charge in [0.05, 0.1) is 31.2 Å². The summed E-state index contributed by atoms with van der Waals surface area (Å²) < 4.78 is 11.5. The topological polar surface area (TPSA) is 76.1 Å². The van der Waals surface area contributed by atoms with Crippen molar-refractivity contribution in [3.63, 3.8) is 0 Å². The van der Waals surface area contributed by atoms with E-state index in [1.54, 1.807) is 12.0 Å². The van der Waals surface area contributed by atoms with Crippen LogP contribution in [0.2, 0.25) is 0 Å². The fourth-order valence-corrected chi connectivity index (χ4v) is 5.17. The third kappa shape index (κ3) is 2.91. The summed E-state index contributed by atoms with van der Waals surface area (Å²) >= 11 is 0. The predicted octanol–water partition coefficient (Wildman–Crippen LogP) is 2.48. The van der Waals surface area contributed by atoms with Crippen LogP contribution in [0.4, 0.5) is 0 Å². The number of ether oxygens (including phenoxy) is 2. The molecule has 0 aromatic heterocycles. The van der Waals surface area contributed by atoms with Crippen molar-refractivity contribution in [2.75, 3.05) is 20.3 Å². The molecule has 3 aliphatic rings. The number of β-amino-alcohol motifs (C(OH)–C–C–N with tert-alkyl or cyclic N) is 1. The van der Waals surface area contributed by atoms with Crippen molar-refractivity contribution >= 4 is 11.7 Å². The van der Waals surface area contributed by atoms with Gasteiger partial charge in [-0.25, -0.2) is 0 Å². The number of benzene rings is 1. The lowest BCUT2D eigenvalue weighted by molar-refractivity contribution is -0.138. The Labute approximate surface area is 165 Å². The van der Waals surface area contributed by atoms with Crippen LogP contribution < -0.4 is 4.74 Å². The van der Waals surface area contributed by atoms with Gasteiger partial charge in [-0.1, -0.05) is 26.0 Å². The largest absolute Gasteiger partial charge is 0.497 e. The van der Waals surface area contributed by atoms with Gasteiger partial charge in [0.25, 0.3) is 5.91 Å². The molecule has 5 unspecified atom stereocenters. The maximum Gasteiger partial charge on any atom is 0.290 e. The Hall–Kier alpha value is -2.34. The lowest BCUT2D eigenvalue weighted by Gasteiger charge is -2.41. The molecule has 1 aromatic carbocycles. The molecule has 28 heavy (non-hydrogen) atoms. The van der Waals surface area contributed by atoms with Crippen molar-refractivity contribution in [1.29, 1.82) is 0 Å². The first kappa shape index (κ1) is 19.0. The summed E-state index contributed by atoms with van der Waals surface area (Å²) in [5.74, 6) is 0.999. The molecule has 1 fully saturated rings. The Morgan fingerprint density at radius 3 is 2.75 bits per heavy atom. The van der Waals surface area contributed by atoms with Crippen molar-refractivity contribution in [2.24, 2.45) is 17.8 Å². The lowest BCUT2D eigenvalue weighted by Crippen LogP contribution is -2.45. The van der Waals surface area contributed by atoms with Gasteiger partial charge in [-0.15, -0.1) is 0 Å². The highest BCUT2D eigenvalue weighted by molar-refractivity contribution is 6.11. The quantitative estimate of drug-likeness (QED) is 0.862. The molecule has 5 atom stereocenters. The van der Waals surface area contributed by atoms with E-state index in [2.05, 4.69) is 13.8 Å². The van der Waals surface area contributed by atoms with E-state index in [0.29, 0.717) is 17.2 Å². The number of fused-ring (bicyclic) bond motifs is 1. The molecule has 2 aliphatic heterocycles. The van der Waals surface area contributed by atoms with Gasteiger partial charge < -0.3 is 19.5 Å². The lowest BCUT2D eigenvalue weighted by atomic mass is 9.69. The number of ketones is 1. The van der Waals surface area contributed by atoms with Gasteiger partial charge in [0.1, 0.15) is 11.9 Å². The molecule has 1 amide bonds. The van der Waals surface area contributed by atoms with Gasteiger partial charge in [-0.2, -0.15) is 0 Å². The van der Waals surface area contributed by atoms with E-state index < -0.39 is 6.04 Å². The molecule has 150 valence electrons. The molecule has 1 aliphatic carbocycles. The number of aliphatic hydroxyl groups excluding tert-OH is 1. The highest BCUT2D eigenvalue weighted by atomic mass is 16.5. The summed E-state index contributed by atoms with van der Waals surface area (Å²) in [7, 11) is 1.58. The third-order valence-electron chi connectivity index (χ3n) is 6.30. The molecule has 0 saturated heterocycles. The first-order valence-corrected chi connectivity index (χ1v) is 9.97. The minimum Gasteiger partial charge on any atom is -0.497 e. The second kappa shape index (κ2) is 7.24. The summed E-state index contributed by atoms with van der Waals surface area (Å²) in [5, 5.41) is 9.53. The van der Waals surface area contributed by atoms with Crippen LogP contribution in [-0.2, 0) is 14.3 Å². The molecule has 6 heteroatoms. The number of carbonyl (C=O) groups excluding carboxylic acids is 2. The molecule has 0 bridgehead atoms. The summed E-state index contributed by atoms with van der Waals surface area (Å²) in [6.45, 7) is 4.23. The molecule has 4 rings (SSSR count). The summed E-state index contributed by atoms with van der Waals surface area (Å²) in [4.78, 5) is 28.2. The zero-order valence-corrected chi connectivity index (χ0v) is 16.6. The van der Waals surface area contributed by atoms with Crippen LogP contribution in [0, 0.1) is 17.8 Å². The van der Waals surface area contributed by atoms with Crippen molar-refractivity contribution in [3.05, 3.63) is 41.2 Å². The van der Waals surface area contributed by atoms with E-state index in [9.17, 15) is 14.7 Å². The Kier molecular flexibility index (Phi) is 4.91. The van der Waals surface area contributed by atoms with Gasteiger partial charge >= 0.3 is 0 Å². The number of hydrogen-bond donors (Lipinski definition) is 1. The average molecular weight is 385 g/mol. The molecule has 1 N–H and O–H groups in total. The van der Waals surface area contributed by atoms with Crippen LogP contribution in [0.1, 0.15) is 38.3 Å². The smallest absolute Gasteiger partial charge is 0.290 e. The number of Topliss-reactive ketones (excluding diaryl/α,β-unsaturated/α-hetero) is 1. The van der Waals surface area contributed by atoms with Gasteiger partial charge in [0.15, 0.2) is 11.5 Å². The second-order valence-corrected chi connectivity index (χ2v) is 8.24. The molecule has 0 radical (unpaired) electrons. The number of nitrogens with zero attached hydrogens (tertiary/aromatic N) is 1. The van der Waals surface area contributed by atoms with E-state index in [0.717, 1.165) is 18.4 Å². The zero-order valence-electron chi connectivity index (χ0n) is 16.6. The highest BCUT2D eigenvalue weighted by Gasteiger charge is 2.53. The van der Waals surface area contributed by atoms with Gasteiger partial charge in [0.2, 0.25) is 0 Å². The average Bonchev–Trinajstić information content (AvgIpc) is 2.94. The van der Waals surface area contributed by atoms with Crippen molar-refractivity contribution in [1.82, 2.24) is 4.90 Å². The van der Waals surface area contributed by atoms with E-state index in [4.69, 9.17) is 9.47 Å². The van der Waals surface area contributed by atoms with Crippen LogP contribution in [-0.4, -0.2) is 48.1 Å². The molecule has 0 spiro atoms. The van der Waals surface area contributed by atoms with E-state index >= 15 is 0 Å². The monoisotopic (exact) mass is 385 g/mol. The van der Waals surface area contributed by atoms with Crippen LogP contribution in [0.25, 0.3) is 0 Å². The predicted molar refractivity (Wildman–Crippen MR) is 102 cm³/mol. The van der Waals surface area contributed by atoms with E-state index in [1.807, 2.05) is 24.3 Å². The first-order valence-electron chi connectivity index (χ1n) is 9.97. The van der Waals surface area contributed by atoms with Crippen molar-refractivity contribution in [2.45, 2.75) is 38.8 Å². The SMILES string of the molecule is COc1cccc(C2C3=C(OC4CC(C)CC(C)C4C3=O)C(=O)N2CCO)c1. The molecule has 2 heterocycles. The normalized spacial score (nSPS) is 32.1. The molecular formula is C22H27NO5. The number of methoxy groups -OCH3 is 1. The van der Waals surface area contributed by atoms with Gasteiger partial charge in [-0.05, 0) is 42.4 Å². The van der Waals surface area contributed by atoms with Crippen molar-refractivity contribution in [3.8, 4) is 5.75 Å². The van der Waals surface area contributed by atoms with Crippen molar-refractivity contribution < 1.29 is 24.2 Å². The number of rotatable bonds is 4. The number of hydrogen-bond acceptors (Lipinski definition) is 5. The third-order valence-corrected chi connectivity index (χ3v) is 6.30. The Morgan fingerprint density at radius 1 is 1.25 bits per heavy atom. The second-order valence-electron chi connectivity index (χ2n) is 8.24. The zero-order chi connectivity index (χ0) is 20.0. The Balaban J connectivity index is 1.80. The number of amides is 1. The van der Waals surface area contributed by atoms with Crippen LogP contribution in [0.3, 0.4) is 0 Å². The molecular weight excluding hydrogens is 358 g/mol. The van der Waals surface area contributed by atoms with E-state index in [-0.39, 0.29) is 48.5 Å². The first-order chi connectivity index (χ1) is 13.5. The fourth-order valence-electron chi connectivity index (χ4n) is 5.17. The Morgan fingerprint density at radius 2 is 2.04 bits per heavy atom. The minimum atomic E-state index is -0.551. The van der Waals surface area contributed by atoms with Crippen LogP contribution in [0.15, 0.2) is 35.6 Å². The highest BCUT2D eigenvalue weighted by Crippen LogP contribution is 2.49. The number of aliphatic hydroxyl groups is 1. The van der Waals surface area contributed by atoms with E-state index in [1.165, 1.54) is 0 Å². The molecule has 6 nitrogen and oxygen atoms in total. The Bertz CT molecular complexity index is 832. The van der Waals surface area contributed by atoms with Gasteiger partial charge in [0, 0.05) is 6.54 Å².